The van der Waals surface area contributed by atoms with Crippen molar-refractivity contribution in [2.24, 2.45) is 0 Å². The van der Waals surface area contributed by atoms with E-state index >= 15 is 0 Å². The van der Waals surface area contributed by atoms with Crippen molar-refractivity contribution in [2.75, 3.05) is 24.6 Å². The highest BCUT2D eigenvalue weighted by molar-refractivity contribution is 9.10. The second kappa shape index (κ2) is 9.98. The maximum atomic E-state index is 13.5. The lowest BCUT2D eigenvalue weighted by Crippen LogP contribution is -2.39. The number of benzene rings is 1. The van der Waals surface area contributed by atoms with Gasteiger partial charge in [-0.2, -0.15) is 4.80 Å². The van der Waals surface area contributed by atoms with Crippen LogP contribution in [0.2, 0.25) is 0 Å². The first kappa shape index (κ1) is 22.1. The second-order valence-electron chi connectivity index (χ2n) is 7.10. The number of hydrogen-bond donors (Lipinski definition) is 0. The summed E-state index contributed by atoms with van der Waals surface area (Å²) in [6.45, 7) is 3.34. The number of piperidine rings is 1. The number of rotatable bonds is 7. The Morgan fingerprint density at radius 1 is 1.25 bits per heavy atom. The van der Waals surface area contributed by atoms with E-state index < -0.39 is 5.97 Å². The first-order valence-corrected chi connectivity index (χ1v) is 10.9. The summed E-state index contributed by atoms with van der Waals surface area (Å²) in [5, 5.41) is 11.9. The fourth-order valence-electron chi connectivity index (χ4n) is 3.27. The molecule has 1 aromatic carbocycles. The third kappa shape index (κ3) is 5.36. The zero-order valence-corrected chi connectivity index (χ0v) is 18.9. The first-order chi connectivity index (χ1) is 15.5. The molecule has 0 atom stereocenters. The van der Waals surface area contributed by atoms with Gasteiger partial charge in [0.1, 0.15) is 17.7 Å². The molecular formula is C20H21BrFN7O3. The number of aromatic nitrogens is 6. The number of hydrogen-bond acceptors (Lipinski definition) is 9. The van der Waals surface area contributed by atoms with Crippen molar-refractivity contribution in [1.82, 2.24) is 30.2 Å². The predicted octanol–water partition coefficient (Wildman–Crippen LogP) is 2.64. The van der Waals surface area contributed by atoms with Gasteiger partial charge < -0.3 is 14.4 Å². The molecule has 0 bridgehead atoms. The van der Waals surface area contributed by atoms with Crippen LogP contribution in [0, 0.1) is 5.82 Å². The monoisotopic (exact) mass is 505 g/mol. The van der Waals surface area contributed by atoms with Crippen molar-refractivity contribution < 1.29 is 18.7 Å². The minimum absolute atomic E-state index is 0.0118. The van der Waals surface area contributed by atoms with E-state index in [4.69, 9.17) is 9.47 Å². The van der Waals surface area contributed by atoms with E-state index in [0.717, 1.165) is 17.3 Å². The zero-order valence-electron chi connectivity index (χ0n) is 17.3. The quantitative estimate of drug-likeness (QED) is 0.447. The fraction of sp³-hybridized carbons (Fsp3) is 0.400. The summed E-state index contributed by atoms with van der Waals surface area (Å²) in [5.74, 6) is 0.670. The molecule has 0 aliphatic carbocycles. The minimum atomic E-state index is -0.430. The van der Waals surface area contributed by atoms with Crippen LogP contribution in [0.25, 0.3) is 11.4 Å². The van der Waals surface area contributed by atoms with Crippen molar-refractivity contribution in [3.05, 3.63) is 40.9 Å². The van der Waals surface area contributed by atoms with Crippen LogP contribution < -0.4 is 9.64 Å². The molecule has 32 heavy (non-hydrogen) atoms. The standard InChI is InChI=1S/C20H21BrFN7O3/c1-2-31-18(30)12-29-26-19(25-27-29)13-10-23-20(24-11-13)28-7-5-15(6-8-28)32-17-9-14(22)3-4-16(17)21/h3-4,9-11,15H,2,5-8,12H2,1H3. The average molecular weight is 506 g/mol. The summed E-state index contributed by atoms with van der Waals surface area (Å²) in [5.41, 5.74) is 0.595. The SMILES string of the molecule is CCOC(=O)Cn1nnc(-c2cnc(N3CCC(Oc4cc(F)ccc4Br)CC3)nc2)n1. The molecule has 3 aromatic rings. The number of tetrazole rings is 1. The predicted molar refractivity (Wildman–Crippen MR) is 115 cm³/mol. The van der Waals surface area contributed by atoms with Gasteiger partial charge in [-0.15, -0.1) is 10.2 Å². The van der Waals surface area contributed by atoms with Gasteiger partial charge in [0.2, 0.25) is 11.8 Å². The van der Waals surface area contributed by atoms with Gasteiger partial charge in [0, 0.05) is 44.4 Å². The number of ether oxygens (including phenoxy) is 2. The Balaban J connectivity index is 1.33. The Bertz CT molecular complexity index is 1070. The molecule has 168 valence electrons. The van der Waals surface area contributed by atoms with Crippen molar-refractivity contribution in [1.29, 1.82) is 0 Å². The number of esters is 1. The van der Waals surface area contributed by atoms with Crippen LogP contribution in [-0.4, -0.2) is 61.9 Å². The van der Waals surface area contributed by atoms with Gasteiger partial charge in [-0.1, -0.05) is 0 Å². The van der Waals surface area contributed by atoms with Crippen LogP contribution in [0.3, 0.4) is 0 Å². The molecule has 3 heterocycles. The van der Waals surface area contributed by atoms with E-state index in [1.165, 1.54) is 16.9 Å². The zero-order chi connectivity index (χ0) is 22.5. The molecule has 10 nitrogen and oxygen atoms in total. The molecule has 0 unspecified atom stereocenters. The van der Waals surface area contributed by atoms with Crippen LogP contribution in [0.4, 0.5) is 10.3 Å². The summed E-state index contributed by atoms with van der Waals surface area (Å²) >= 11 is 3.39. The molecule has 0 amide bonds. The van der Waals surface area contributed by atoms with Gasteiger partial charge >= 0.3 is 5.97 Å². The van der Waals surface area contributed by atoms with Crippen molar-refractivity contribution >= 4 is 27.8 Å². The highest BCUT2D eigenvalue weighted by Crippen LogP contribution is 2.29. The highest BCUT2D eigenvalue weighted by Gasteiger charge is 2.23. The molecule has 1 aliphatic rings. The average Bonchev–Trinajstić information content (AvgIpc) is 3.25. The number of halogens is 2. The van der Waals surface area contributed by atoms with Crippen molar-refractivity contribution in [3.63, 3.8) is 0 Å². The van der Waals surface area contributed by atoms with Crippen molar-refractivity contribution in [2.45, 2.75) is 32.4 Å². The molecule has 1 aliphatic heterocycles. The van der Waals surface area contributed by atoms with Crippen LogP contribution in [0.1, 0.15) is 19.8 Å². The van der Waals surface area contributed by atoms with Gasteiger partial charge in [0.25, 0.3) is 0 Å². The Labute approximate surface area is 191 Å². The van der Waals surface area contributed by atoms with Crippen LogP contribution in [0.15, 0.2) is 35.1 Å². The van der Waals surface area contributed by atoms with Gasteiger partial charge in [-0.3, -0.25) is 0 Å². The first-order valence-electron chi connectivity index (χ1n) is 10.1. The molecule has 12 heteroatoms. The fourth-order valence-corrected chi connectivity index (χ4v) is 3.61. The Morgan fingerprint density at radius 2 is 2.00 bits per heavy atom. The molecule has 1 saturated heterocycles. The minimum Gasteiger partial charge on any atom is -0.489 e. The third-order valence-electron chi connectivity index (χ3n) is 4.84. The molecule has 0 N–H and O–H groups in total. The summed E-state index contributed by atoms with van der Waals surface area (Å²) in [4.78, 5) is 23.6. The number of nitrogens with zero attached hydrogens (tertiary/aromatic N) is 7. The summed E-state index contributed by atoms with van der Waals surface area (Å²) in [6, 6.07) is 4.41. The number of anilines is 1. The van der Waals surface area contributed by atoms with E-state index in [0.29, 0.717) is 42.8 Å². The topological polar surface area (TPSA) is 108 Å². The molecule has 4 rings (SSSR count). The number of carbonyl (C=O) groups excluding carboxylic acids is 1. The second-order valence-corrected chi connectivity index (χ2v) is 7.95. The maximum absolute atomic E-state index is 13.5. The molecule has 1 fully saturated rings. The normalized spacial score (nSPS) is 14.4. The summed E-state index contributed by atoms with van der Waals surface area (Å²) in [7, 11) is 0. The van der Waals surface area contributed by atoms with E-state index in [-0.39, 0.29) is 18.5 Å². The molecular weight excluding hydrogens is 485 g/mol. The summed E-state index contributed by atoms with van der Waals surface area (Å²) < 4.78 is 25.0. The lowest BCUT2D eigenvalue weighted by Gasteiger charge is -2.32. The molecule has 0 saturated carbocycles. The van der Waals surface area contributed by atoms with Gasteiger partial charge in [-0.25, -0.2) is 19.2 Å². The van der Waals surface area contributed by atoms with E-state index in [2.05, 4.69) is 46.2 Å². The van der Waals surface area contributed by atoms with Gasteiger partial charge in [-0.05, 0) is 40.2 Å². The highest BCUT2D eigenvalue weighted by atomic mass is 79.9. The molecule has 0 spiro atoms. The van der Waals surface area contributed by atoms with E-state index in [1.54, 1.807) is 25.4 Å². The van der Waals surface area contributed by atoms with Gasteiger partial charge in [0.15, 0.2) is 6.54 Å². The smallest absolute Gasteiger partial charge is 0.329 e. The Morgan fingerprint density at radius 3 is 2.72 bits per heavy atom. The van der Waals surface area contributed by atoms with Crippen LogP contribution in [0.5, 0.6) is 5.75 Å². The molecule has 2 aromatic heterocycles. The van der Waals surface area contributed by atoms with Crippen LogP contribution >= 0.6 is 15.9 Å². The summed E-state index contributed by atoms with van der Waals surface area (Å²) in [6.07, 6.45) is 4.76. The molecule has 0 radical (unpaired) electrons. The van der Waals surface area contributed by atoms with Gasteiger partial charge in [0.05, 0.1) is 16.6 Å². The van der Waals surface area contributed by atoms with Crippen LogP contribution in [-0.2, 0) is 16.1 Å². The maximum Gasteiger partial charge on any atom is 0.329 e. The Hall–Kier alpha value is -3.15. The largest absolute Gasteiger partial charge is 0.489 e. The van der Waals surface area contributed by atoms with E-state index in [1.807, 2.05) is 0 Å². The lowest BCUT2D eigenvalue weighted by molar-refractivity contribution is -0.144. The van der Waals surface area contributed by atoms with Crippen molar-refractivity contribution in [3.8, 4) is 17.1 Å². The number of carbonyl (C=O) groups is 1. The third-order valence-corrected chi connectivity index (χ3v) is 5.49. The Kier molecular flexibility index (Phi) is 6.88. The lowest BCUT2D eigenvalue weighted by atomic mass is 10.1. The van der Waals surface area contributed by atoms with E-state index in [9.17, 15) is 9.18 Å².